The van der Waals surface area contributed by atoms with Crippen molar-refractivity contribution in [3.8, 4) is 0 Å². The highest BCUT2D eigenvalue weighted by atomic mass is 32.2. The molecule has 0 bridgehead atoms. The van der Waals surface area contributed by atoms with E-state index in [0.29, 0.717) is 23.7 Å². The molecule has 0 aliphatic heterocycles. The van der Waals surface area contributed by atoms with Crippen LogP contribution < -0.4 is 5.84 Å². The lowest BCUT2D eigenvalue weighted by molar-refractivity contribution is -0.0437. The van der Waals surface area contributed by atoms with E-state index in [1.807, 2.05) is 0 Å². The fraction of sp³-hybridized carbons (Fsp3) is 0.385. The summed E-state index contributed by atoms with van der Waals surface area (Å²) in [4.78, 5) is -1.57. The van der Waals surface area contributed by atoms with Crippen LogP contribution in [0, 0.1) is 5.82 Å². The van der Waals surface area contributed by atoms with Crippen LogP contribution in [0.25, 0.3) is 0 Å². The summed E-state index contributed by atoms with van der Waals surface area (Å²) in [5.74, 6) is 5.07. The summed E-state index contributed by atoms with van der Waals surface area (Å²) in [6.45, 7) is 5.39. The van der Waals surface area contributed by atoms with Gasteiger partial charge in [-0.15, -0.1) is 10.2 Å². The first-order valence-electron chi connectivity index (χ1n) is 6.75. The molecular weight excluding hydrogens is 384 g/mol. The van der Waals surface area contributed by atoms with E-state index in [0.717, 1.165) is 16.8 Å². The average Bonchev–Trinajstić information content (AvgIpc) is 2.80. The molecule has 2 N–H and O–H groups in total. The third-order valence-corrected chi connectivity index (χ3v) is 5.73. The quantitative estimate of drug-likeness (QED) is 0.632. The predicted octanol–water partition coefficient (Wildman–Crippen LogP) is 2.87. The maximum Gasteiger partial charge on any atom is 0.501 e. The zero-order chi connectivity index (χ0) is 19.2. The fourth-order valence-electron chi connectivity index (χ4n) is 1.86. The van der Waals surface area contributed by atoms with Crippen molar-refractivity contribution in [2.45, 2.75) is 46.6 Å². The van der Waals surface area contributed by atoms with Crippen molar-refractivity contribution in [2.24, 2.45) is 0 Å². The van der Waals surface area contributed by atoms with Crippen molar-refractivity contribution in [1.29, 1.82) is 0 Å². The molecule has 1 aromatic carbocycles. The number of aromatic nitrogens is 3. The van der Waals surface area contributed by atoms with Gasteiger partial charge in [0.15, 0.2) is 5.82 Å². The number of benzene rings is 1. The van der Waals surface area contributed by atoms with Crippen LogP contribution >= 0.6 is 11.8 Å². The number of hydrogen-bond donors (Lipinski definition) is 1. The first kappa shape index (κ1) is 19.5. The van der Waals surface area contributed by atoms with Gasteiger partial charge in [0.05, 0.1) is 4.90 Å². The summed E-state index contributed by atoms with van der Waals surface area (Å²) in [6.07, 6.45) is 0. The van der Waals surface area contributed by atoms with Crippen LogP contribution in [0.3, 0.4) is 0 Å². The third kappa shape index (κ3) is 3.73. The lowest BCUT2D eigenvalue weighted by Gasteiger charge is -2.16. The van der Waals surface area contributed by atoms with Gasteiger partial charge in [-0.1, -0.05) is 20.8 Å². The maximum atomic E-state index is 13.3. The Balaban J connectivity index is 2.55. The number of halogens is 4. The summed E-state index contributed by atoms with van der Waals surface area (Å²) >= 11 is 0.548. The van der Waals surface area contributed by atoms with Gasteiger partial charge in [-0.05, 0) is 30.0 Å². The molecule has 0 atom stereocenters. The van der Waals surface area contributed by atoms with Gasteiger partial charge in [0.25, 0.3) is 9.84 Å². The van der Waals surface area contributed by atoms with Gasteiger partial charge in [-0.3, -0.25) is 0 Å². The Hall–Kier alpha value is -1.82. The number of nitrogen functional groups attached to an aromatic ring is 1. The Morgan fingerprint density at radius 2 is 1.76 bits per heavy atom. The smallest absolute Gasteiger partial charge is 0.336 e. The average molecular weight is 398 g/mol. The molecule has 2 aromatic rings. The van der Waals surface area contributed by atoms with Crippen molar-refractivity contribution >= 4 is 21.6 Å². The molecule has 25 heavy (non-hydrogen) atoms. The Morgan fingerprint density at radius 1 is 1.16 bits per heavy atom. The van der Waals surface area contributed by atoms with Gasteiger partial charge >= 0.3 is 5.51 Å². The van der Waals surface area contributed by atoms with Crippen LogP contribution in [-0.4, -0.2) is 28.8 Å². The van der Waals surface area contributed by atoms with Crippen LogP contribution in [0.2, 0.25) is 0 Å². The molecule has 0 aliphatic rings. The summed E-state index contributed by atoms with van der Waals surface area (Å²) < 4.78 is 76.3. The van der Waals surface area contributed by atoms with E-state index in [4.69, 9.17) is 5.84 Å². The molecule has 0 spiro atoms. The van der Waals surface area contributed by atoms with Crippen molar-refractivity contribution in [2.75, 3.05) is 5.84 Å². The summed E-state index contributed by atoms with van der Waals surface area (Å²) in [6, 6.07) is 2.08. The zero-order valence-corrected chi connectivity index (χ0v) is 14.9. The van der Waals surface area contributed by atoms with Gasteiger partial charge in [0, 0.05) is 10.3 Å². The Kier molecular flexibility index (Phi) is 4.81. The normalized spacial score (nSPS) is 13.2. The largest absolute Gasteiger partial charge is 0.501 e. The summed E-state index contributed by atoms with van der Waals surface area (Å²) in [5.41, 5.74) is -6.06. The predicted molar refractivity (Wildman–Crippen MR) is 82.6 cm³/mol. The molecule has 0 amide bonds. The molecule has 6 nitrogen and oxygen atoms in total. The summed E-state index contributed by atoms with van der Waals surface area (Å²) in [7, 11) is -5.74. The van der Waals surface area contributed by atoms with Crippen LogP contribution in [0.4, 0.5) is 17.6 Å². The molecule has 2 rings (SSSR count). The van der Waals surface area contributed by atoms with Crippen molar-refractivity contribution in [3.63, 3.8) is 0 Å². The molecule has 0 saturated heterocycles. The number of nitrogens with zero attached hydrogens (tertiary/aromatic N) is 3. The molecule has 0 saturated carbocycles. The second-order valence-electron chi connectivity index (χ2n) is 6.07. The monoisotopic (exact) mass is 398 g/mol. The second kappa shape index (κ2) is 6.16. The number of hydrogen-bond acceptors (Lipinski definition) is 6. The topological polar surface area (TPSA) is 90.9 Å². The summed E-state index contributed by atoms with van der Waals surface area (Å²) in [5, 5.41) is 7.60. The van der Waals surface area contributed by atoms with Crippen molar-refractivity contribution in [1.82, 2.24) is 14.9 Å². The maximum absolute atomic E-state index is 13.3. The fourth-order valence-corrected chi connectivity index (χ4v) is 3.92. The van der Waals surface area contributed by atoms with E-state index in [1.54, 1.807) is 20.8 Å². The molecule has 12 heteroatoms. The van der Waals surface area contributed by atoms with E-state index in [-0.39, 0.29) is 10.1 Å². The second-order valence-corrected chi connectivity index (χ2v) is 8.99. The minimum atomic E-state index is -5.74. The molecule has 0 fully saturated rings. The molecular formula is C13H14F4N4O2S2. The minimum Gasteiger partial charge on any atom is -0.336 e. The van der Waals surface area contributed by atoms with Crippen molar-refractivity contribution < 1.29 is 26.0 Å². The molecule has 0 aliphatic carbocycles. The van der Waals surface area contributed by atoms with E-state index in [2.05, 4.69) is 10.2 Å². The molecule has 0 unspecified atom stereocenters. The Bertz CT molecular complexity index is 902. The van der Waals surface area contributed by atoms with E-state index in [1.165, 1.54) is 0 Å². The van der Waals surface area contributed by atoms with Crippen LogP contribution in [0.15, 0.2) is 33.1 Å². The SMILES string of the molecule is CC(C)(C)c1nnc(Sc2ccc(F)cc2S(=O)(=O)C(F)(F)F)n1N. The highest BCUT2D eigenvalue weighted by Gasteiger charge is 2.48. The van der Waals surface area contributed by atoms with Crippen molar-refractivity contribution in [3.05, 3.63) is 29.8 Å². The van der Waals surface area contributed by atoms with Gasteiger partial charge in [0.1, 0.15) is 5.82 Å². The highest BCUT2D eigenvalue weighted by molar-refractivity contribution is 8.00. The first-order chi connectivity index (χ1) is 11.2. The van der Waals surface area contributed by atoms with E-state index in [9.17, 15) is 26.0 Å². The number of rotatable bonds is 3. The lowest BCUT2D eigenvalue weighted by atomic mass is 9.96. The Labute approximate surface area is 145 Å². The molecule has 0 radical (unpaired) electrons. The molecule has 1 aromatic heterocycles. The minimum absolute atomic E-state index is 0.0323. The van der Waals surface area contributed by atoms with Gasteiger partial charge in [0.2, 0.25) is 5.16 Å². The van der Waals surface area contributed by atoms with Gasteiger partial charge < -0.3 is 5.84 Å². The van der Waals surface area contributed by atoms with Crippen LogP contribution in [0.1, 0.15) is 26.6 Å². The third-order valence-electron chi connectivity index (χ3n) is 3.04. The lowest BCUT2D eigenvalue weighted by Crippen LogP contribution is -2.25. The van der Waals surface area contributed by atoms with Crippen LogP contribution in [0.5, 0.6) is 0 Å². The number of nitrogens with two attached hydrogens (primary N) is 1. The first-order valence-corrected chi connectivity index (χ1v) is 9.05. The van der Waals surface area contributed by atoms with Gasteiger partial charge in [-0.2, -0.15) is 13.2 Å². The number of sulfone groups is 1. The zero-order valence-electron chi connectivity index (χ0n) is 13.3. The standard InChI is InChI=1S/C13H14F4N4O2S2/c1-12(2,3)10-19-20-11(21(10)18)24-8-5-4-7(14)6-9(8)25(22,23)13(15,16)17/h4-6H,18H2,1-3H3. The molecule has 1 heterocycles. The van der Waals surface area contributed by atoms with Crippen LogP contribution in [-0.2, 0) is 15.3 Å². The van der Waals surface area contributed by atoms with E-state index < -0.39 is 31.5 Å². The molecule has 138 valence electrons. The van der Waals surface area contributed by atoms with Gasteiger partial charge in [-0.25, -0.2) is 17.5 Å². The number of alkyl halides is 3. The van der Waals surface area contributed by atoms with E-state index >= 15 is 0 Å². The highest BCUT2D eigenvalue weighted by Crippen LogP contribution is 2.38. The Morgan fingerprint density at radius 3 is 2.24 bits per heavy atom.